The van der Waals surface area contributed by atoms with Crippen LogP contribution in [0.2, 0.25) is 0 Å². The molecule has 1 aliphatic rings. The summed E-state index contributed by atoms with van der Waals surface area (Å²) < 4.78 is 20.8. The number of carbonyl (C=O) groups excluding carboxylic acids is 1. The van der Waals surface area contributed by atoms with E-state index < -0.39 is 43.3 Å². The summed E-state index contributed by atoms with van der Waals surface area (Å²) in [5, 5.41) is 38.7. The molecule has 9 heteroatoms. The molecule has 1 aliphatic heterocycles. The second-order valence-electron chi connectivity index (χ2n) is 5.70. The number of rotatable bonds is 9. The summed E-state index contributed by atoms with van der Waals surface area (Å²) in [7, 11) is 0. The van der Waals surface area contributed by atoms with Crippen molar-refractivity contribution in [3.8, 4) is 0 Å². The summed E-state index contributed by atoms with van der Waals surface area (Å²) in [6, 6.07) is 2.86. The lowest BCUT2D eigenvalue weighted by Gasteiger charge is -2.22. The number of aliphatic hydroxyl groups is 4. The zero-order valence-electron chi connectivity index (χ0n) is 13.9. The number of esters is 1. The molecule has 0 radical (unpaired) electrons. The Labute approximate surface area is 144 Å². The summed E-state index contributed by atoms with van der Waals surface area (Å²) >= 11 is 0. The predicted molar refractivity (Wildman–Crippen MR) is 82.1 cm³/mol. The minimum atomic E-state index is -1.56. The van der Waals surface area contributed by atoms with Crippen LogP contribution in [0.15, 0.2) is 16.5 Å². The molecule has 0 spiro atoms. The van der Waals surface area contributed by atoms with E-state index in [9.17, 15) is 20.1 Å². The SMILES string of the molecule is CCCCOC(=O)C1OC(CO)C(OC(O)c2ccc(CO)o2)C1O. The lowest BCUT2D eigenvalue weighted by atomic mass is 10.1. The van der Waals surface area contributed by atoms with Crippen molar-refractivity contribution >= 4 is 5.97 Å². The van der Waals surface area contributed by atoms with Crippen molar-refractivity contribution in [2.24, 2.45) is 0 Å². The number of unbranched alkanes of at least 4 members (excludes halogenated alkanes) is 1. The van der Waals surface area contributed by atoms with Gasteiger partial charge in [-0.05, 0) is 18.6 Å². The van der Waals surface area contributed by atoms with Gasteiger partial charge >= 0.3 is 5.97 Å². The Morgan fingerprint density at radius 1 is 1.36 bits per heavy atom. The maximum absolute atomic E-state index is 12.0. The van der Waals surface area contributed by atoms with Crippen molar-refractivity contribution in [3.63, 3.8) is 0 Å². The van der Waals surface area contributed by atoms with Gasteiger partial charge in [0.25, 0.3) is 0 Å². The van der Waals surface area contributed by atoms with Gasteiger partial charge in [0.2, 0.25) is 6.29 Å². The van der Waals surface area contributed by atoms with Gasteiger partial charge in [-0.25, -0.2) is 4.79 Å². The summed E-state index contributed by atoms with van der Waals surface area (Å²) in [5.41, 5.74) is 0. The highest BCUT2D eigenvalue weighted by Gasteiger charge is 2.49. The van der Waals surface area contributed by atoms with Crippen molar-refractivity contribution in [1.29, 1.82) is 0 Å². The van der Waals surface area contributed by atoms with E-state index in [0.717, 1.165) is 6.42 Å². The first-order chi connectivity index (χ1) is 12.0. The van der Waals surface area contributed by atoms with E-state index in [1.165, 1.54) is 12.1 Å². The van der Waals surface area contributed by atoms with Gasteiger partial charge in [-0.2, -0.15) is 0 Å². The smallest absolute Gasteiger partial charge is 0.338 e. The molecule has 0 aromatic carbocycles. The molecule has 0 saturated carbocycles. The van der Waals surface area contributed by atoms with Crippen molar-refractivity contribution in [2.45, 2.75) is 57.1 Å². The lowest BCUT2D eigenvalue weighted by Crippen LogP contribution is -2.40. The maximum atomic E-state index is 12.0. The van der Waals surface area contributed by atoms with Crippen LogP contribution in [0.3, 0.4) is 0 Å². The zero-order chi connectivity index (χ0) is 18.4. The fourth-order valence-electron chi connectivity index (χ4n) is 2.48. The third kappa shape index (κ3) is 4.78. The number of carbonyl (C=O) groups is 1. The number of furan rings is 1. The molecule has 1 aromatic rings. The van der Waals surface area contributed by atoms with Crippen LogP contribution in [0.25, 0.3) is 0 Å². The molecule has 25 heavy (non-hydrogen) atoms. The Hall–Kier alpha value is -1.49. The van der Waals surface area contributed by atoms with Gasteiger partial charge in [0.15, 0.2) is 11.9 Å². The third-order valence-electron chi connectivity index (χ3n) is 3.86. The van der Waals surface area contributed by atoms with Gasteiger partial charge in [-0.1, -0.05) is 13.3 Å². The number of aliphatic hydroxyl groups excluding tert-OH is 4. The Morgan fingerprint density at radius 3 is 2.72 bits per heavy atom. The van der Waals surface area contributed by atoms with Crippen molar-refractivity contribution in [1.82, 2.24) is 0 Å². The molecule has 1 fully saturated rings. The van der Waals surface area contributed by atoms with Crippen molar-refractivity contribution in [2.75, 3.05) is 13.2 Å². The first-order valence-electron chi connectivity index (χ1n) is 8.15. The average molecular weight is 360 g/mol. The highest BCUT2D eigenvalue weighted by atomic mass is 16.7. The molecule has 142 valence electrons. The van der Waals surface area contributed by atoms with Gasteiger partial charge < -0.3 is 39.1 Å². The Morgan fingerprint density at radius 2 is 2.12 bits per heavy atom. The van der Waals surface area contributed by atoms with E-state index in [1.807, 2.05) is 6.92 Å². The molecule has 5 atom stereocenters. The second kappa shape index (κ2) is 9.27. The average Bonchev–Trinajstić information content (AvgIpc) is 3.20. The molecule has 2 rings (SSSR count). The minimum Gasteiger partial charge on any atom is -0.464 e. The molecule has 5 unspecified atom stereocenters. The number of hydrogen-bond donors (Lipinski definition) is 4. The zero-order valence-corrected chi connectivity index (χ0v) is 13.9. The van der Waals surface area contributed by atoms with Crippen LogP contribution < -0.4 is 0 Å². The molecule has 1 saturated heterocycles. The lowest BCUT2D eigenvalue weighted by molar-refractivity contribution is -0.182. The van der Waals surface area contributed by atoms with Crippen LogP contribution in [0.4, 0.5) is 0 Å². The van der Waals surface area contributed by atoms with Crippen LogP contribution >= 0.6 is 0 Å². The topological polar surface area (TPSA) is 139 Å². The molecule has 4 N–H and O–H groups in total. The summed E-state index contributed by atoms with van der Waals surface area (Å²) in [4.78, 5) is 12.0. The monoisotopic (exact) mass is 360 g/mol. The van der Waals surface area contributed by atoms with Gasteiger partial charge in [0.1, 0.15) is 30.7 Å². The van der Waals surface area contributed by atoms with Gasteiger partial charge in [-0.15, -0.1) is 0 Å². The summed E-state index contributed by atoms with van der Waals surface area (Å²) in [6.07, 6.45) is -4.94. The van der Waals surface area contributed by atoms with Crippen LogP contribution in [0.1, 0.15) is 37.6 Å². The molecule has 9 nitrogen and oxygen atoms in total. The molecule has 0 aliphatic carbocycles. The molecule has 0 amide bonds. The third-order valence-corrected chi connectivity index (χ3v) is 3.86. The van der Waals surface area contributed by atoms with E-state index in [0.29, 0.717) is 6.42 Å². The number of ether oxygens (including phenoxy) is 3. The van der Waals surface area contributed by atoms with E-state index in [1.54, 1.807) is 0 Å². The first-order valence-corrected chi connectivity index (χ1v) is 8.15. The van der Waals surface area contributed by atoms with Crippen LogP contribution in [-0.4, -0.2) is 64.0 Å². The first kappa shape index (κ1) is 19.8. The maximum Gasteiger partial charge on any atom is 0.338 e. The Balaban J connectivity index is 1.99. The van der Waals surface area contributed by atoms with E-state index in [-0.39, 0.29) is 24.7 Å². The molecular weight excluding hydrogens is 336 g/mol. The second-order valence-corrected chi connectivity index (χ2v) is 5.70. The van der Waals surface area contributed by atoms with Gasteiger partial charge in [0, 0.05) is 0 Å². The molecule has 0 bridgehead atoms. The Kier molecular flexibility index (Phi) is 7.36. The van der Waals surface area contributed by atoms with E-state index in [2.05, 4.69) is 0 Å². The fraction of sp³-hybridized carbons (Fsp3) is 0.688. The quantitative estimate of drug-likeness (QED) is 0.263. The highest BCUT2D eigenvalue weighted by Crippen LogP contribution is 2.29. The minimum absolute atomic E-state index is 0.0157. The highest BCUT2D eigenvalue weighted by molar-refractivity contribution is 5.76. The van der Waals surface area contributed by atoms with Crippen LogP contribution in [0, 0.1) is 0 Å². The van der Waals surface area contributed by atoms with E-state index in [4.69, 9.17) is 23.7 Å². The summed E-state index contributed by atoms with van der Waals surface area (Å²) in [5.74, 6) is -0.501. The molecule has 2 heterocycles. The Bertz CT molecular complexity index is 543. The van der Waals surface area contributed by atoms with E-state index >= 15 is 0 Å². The van der Waals surface area contributed by atoms with Gasteiger partial charge in [0.05, 0.1) is 13.2 Å². The fourth-order valence-corrected chi connectivity index (χ4v) is 2.48. The van der Waals surface area contributed by atoms with Crippen molar-refractivity contribution < 1.29 is 43.8 Å². The molecular formula is C16H24O9. The largest absolute Gasteiger partial charge is 0.464 e. The van der Waals surface area contributed by atoms with Gasteiger partial charge in [-0.3, -0.25) is 0 Å². The predicted octanol–water partition coefficient (Wildman–Crippen LogP) is -0.388. The van der Waals surface area contributed by atoms with Crippen LogP contribution in [0.5, 0.6) is 0 Å². The van der Waals surface area contributed by atoms with Crippen LogP contribution in [-0.2, 0) is 25.6 Å². The number of hydrogen-bond acceptors (Lipinski definition) is 9. The van der Waals surface area contributed by atoms with Crippen molar-refractivity contribution in [3.05, 3.63) is 23.7 Å². The normalized spacial score (nSPS) is 27.4. The molecule has 1 aromatic heterocycles. The standard InChI is InChI=1S/C16H24O9/c1-2-3-6-22-16(21)14-12(19)13(11(8-18)24-14)25-15(20)10-5-4-9(7-17)23-10/h4-5,11-15,17-20H,2-3,6-8H2,1H3. The summed E-state index contributed by atoms with van der Waals surface area (Å²) in [6.45, 7) is 1.29.